The molecule has 0 spiro atoms. The zero-order valence-electron chi connectivity index (χ0n) is 18.2. The maximum Gasteiger partial charge on any atom is 0.273 e. The Hall–Kier alpha value is -2.68. The third-order valence-corrected chi connectivity index (χ3v) is 5.09. The monoisotopic (exact) mass is 420 g/mol. The highest BCUT2D eigenvalue weighted by Crippen LogP contribution is 2.21. The minimum absolute atomic E-state index is 0.0142. The van der Waals surface area contributed by atoms with Crippen LogP contribution in [-0.4, -0.2) is 73.4 Å². The molecule has 2 amide bonds. The lowest BCUT2D eigenvalue weighted by atomic mass is 9.91. The number of nitro groups is 1. The fraction of sp³-hybridized carbons (Fsp3) is 0.619. The Labute approximate surface area is 177 Å². The van der Waals surface area contributed by atoms with Crippen LogP contribution in [-0.2, 0) is 9.59 Å². The van der Waals surface area contributed by atoms with Crippen LogP contribution in [0, 0.1) is 21.4 Å². The molecule has 1 aliphatic rings. The summed E-state index contributed by atoms with van der Waals surface area (Å²) < 4.78 is 5.41. The van der Waals surface area contributed by atoms with Gasteiger partial charge in [0.1, 0.15) is 5.75 Å². The Morgan fingerprint density at radius 1 is 1.30 bits per heavy atom. The van der Waals surface area contributed by atoms with Gasteiger partial charge in [0.15, 0.2) is 6.61 Å². The summed E-state index contributed by atoms with van der Waals surface area (Å²) >= 11 is 0. The van der Waals surface area contributed by atoms with Gasteiger partial charge in [0, 0.05) is 38.2 Å². The minimum atomic E-state index is -0.508. The van der Waals surface area contributed by atoms with E-state index in [4.69, 9.17) is 4.74 Å². The molecule has 0 aromatic heterocycles. The van der Waals surface area contributed by atoms with Gasteiger partial charge >= 0.3 is 0 Å². The molecule has 30 heavy (non-hydrogen) atoms. The van der Waals surface area contributed by atoms with Crippen LogP contribution < -0.4 is 10.1 Å². The van der Waals surface area contributed by atoms with E-state index in [1.165, 1.54) is 18.2 Å². The van der Waals surface area contributed by atoms with E-state index in [1.807, 2.05) is 14.1 Å². The summed E-state index contributed by atoms with van der Waals surface area (Å²) in [6, 6.07) is 5.75. The van der Waals surface area contributed by atoms with Crippen molar-refractivity contribution in [2.24, 2.45) is 11.3 Å². The first-order valence-corrected chi connectivity index (χ1v) is 10.1. The second-order valence-corrected chi connectivity index (χ2v) is 8.82. The van der Waals surface area contributed by atoms with Gasteiger partial charge < -0.3 is 19.9 Å². The van der Waals surface area contributed by atoms with E-state index < -0.39 is 4.92 Å². The van der Waals surface area contributed by atoms with Crippen LogP contribution in [0.1, 0.15) is 26.7 Å². The van der Waals surface area contributed by atoms with Gasteiger partial charge in [0.25, 0.3) is 11.6 Å². The largest absolute Gasteiger partial charge is 0.484 e. The zero-order valence-corrected chi connectivity index (χ0v) is 18.2. The molecule has 1 aliphatic heterocycles. The van der Waals surface area contributed by atoms with Gasteiger partial charge in [0.2, 0.25) is 5.91 Å². The average molecular weight is 421 g/mol. The molecule has 166 valence electrons. The number of non-ortho nitro benzene ring substituents is 1. The van der Waals surface area contributed by atoms with Gasteiger partial charge in [-0.1, -0.05) is 19.9 Å². The normalized spacial score (nSPS) is 15.2. The van der Waals surface area contributed by atoms with Crippen LogP contribution in [0.5, 0.6) is 5.75 Å². The van der Waals surface area contributed by atoms with Crippen molar-refractivity contribution in [2.75, 3.05) is 46.9 Å². The summed E-state index contributed by atoms with van der Waals surface area (Å²) in [5.74, 6) is 0.0447. The number of rotatable bonds is 9. The molecule has 1 saturated heterocycles. The van der Waals surface area contributed by atoms with Crippen LogP contribution in [0.4, 0.5) is 5.69 Å². The number of piperidine rings is 1. The topological polar surface area (TPSA) is 105 Å². The lowest BCUT2D eigenvalue weighted by molar-refractivity contribution is -0.384. The summed E-state index contributed by atoms with van der Waals surface area (Å²) in [7, 11) is 4.03. The van der Waals surface area contributed by atoms with Crippen molar-refractivity contribution in [2.45, 2.75) is 26.7 Å². The summed E-state index contributed by atoms with van der Waals surface area (Å²) in [4.78, 5) is 39.0. The van der Waals surface area contributed by atoms with Crippen molar-refractivity contribution in [3.63, 3.8) is 0 Å². The fourth-order valence-electron chi connectivity index (χ4n) is 3.70. The highest BCUT2D eigenvalue weighted by molar-refractivity contribution is 5.80. The number of hydrogen-bond acceptors (Lipinski definition) is 6. The Kier molecular flexibility index (Phi) is 8.16. The molecule has 2 rings (SSSR count). The van der Waals surface area contributed by atoms with Gasteiger partial charge in [-0.15, -0.1) is 0 Å². The van der Waals surface area contributed by atoms with Crippen molar-refractivity contribution >= 4 is 17.5 Å². The van der Waals surface area contributed by atoms with E-state index in [2.05, 4.69) is 24.1 Å². The maximum atomic E-state index is 12.5. The molecule has 1 heterocycles. The number of nitrogens with one attached hydrogen (secondary N) is 1. The fourth-order valence-corrected chi connectivity index (χ4v) is 3.70. The minimum Gasteiger partial charge on any atom is -0.484 e. The predicted octanol–water partition coefficient (Wildman–Crippen LogP) is 1.92. The van der Waals surface area contributed by atoms with Crippen molar-refractivity contribution in [1.82, 2.24) is 15.1 Å². The van der Waals surface area contributed by atoms with E-state index in [9.17, 15) is 19.7 Å². The van der Waals surface area contributed by atoms with Gasteiger partial charge in [-0.25, -0.2) is 0 Å². The number of carbonyl (C=O) groups excluding carboxylic acids is 2. The molecule has 0 unspecified atom stereocenters. The smallest absolute Gasteiger partial charge is 0.273 e. The number of likely N-dealkylation sites (tertiary alicyclic amines) is 1. The average Bonchev–Trinajstić information content (AvgIpc) is 2.69. The van der Waals surface area contributed by atoms with Crippen LogP contribution in [0.2, 0.25) is 0 Å². The SMILES string of the molecule is CN(C)CC(C)(C)CNC(=O)C1CCN(C(=O)COc2cccc([N+](=O)[O-])c2)CC1. The second kappa shape index (κ2) is 10.4. The third-order valence-electron chi connectivity index (χ3n) is 5.09. The van der Waals surface area contributed by atoms with Gasteiger partial charge in [0.05, 0.1) is 11.0 Å². The standard InChI is InChI=1S/C21H32N4O5/c1-21(2,15-23(3)4)14-22-20(27)16-8-10-24(11-9-16)19(26)13-30-18-7-5-6-17(12-18)25(28)29/h5-7,12,16H,8-11,13-15H2,1-4H3,(H,22,27). The van der Waals surface area contributed by atoms with E-state index >= 15 is 0 Å². The molecule has 1 aromatic carbocycles. The first-order chi connectivity index (χ1) is 14.1. The lowest BCUT2D eigenvalue weighted by Crippen LogP contribution is -2.46. The summed E-state index contributed by atoms with van der Waals surface area (Å²) in [6.07, 6.45) is 1.23. The lowest BCUT2D eigenvalue weighted by Gasteiger charge is -2.33. The molecule has 9 heteroatoms. The molecule has 1 aromatic rings. The highest BCUT2D eigenvalue weighted by atomic mass is 16.6. The van der Waals surface area contributed by atoms with Crippen molar-refractivity contribution in [3.05, 3.63) is 34.4 Å². The number of hydrogen-bond donors (Lipinski definition) is 1. The Balaban J connectivity index is 1.75. The van der Waals surface area contributed by atoms with E-state index in [0.717, 1.165) is 6.54 Å². The Bertz CT molecular complexity index is 758. The molecule has 0 atom stereocenters. The second-order valence-electron chi connectivity index (χ2n) is 8.82. The molecular weight excluding hydrogens is 388 g/mol. The number of nitro benzene ring substituents is 1. The van der Waals surface area contributed by atoms with E-state index in [-0.39, 0.29) is 41.2 Å². The molecule has 1 N–H and O–H groups in total. The number of amides is 2. The molecule has 0 aliphatic carbocycles. The highest BCUT2D eigenvalue weighted by Gasteiger charge is 2.29. The first-order valence-electron chi connectivity index (χ1n) is 10.1. The van der Waals surface area contributed by atoms with Gasteiger partial charge in [-0.3, -0.25) is 19.7 Å². The Morgan fingerprint density at radius 3 is 2.57 bits per heavy atom. The number of ether oxygens (including phenoxy) is 1. The third kappa shape index (κ3) is 7.29. The van der Waals surface area contributed by atoms with Crippen LogP contribution in [0.15, 0.2) is 24.3 Å². The van der Waals surface area contributed by atoms with E-state index in [1.54, 1.807) is 11.0 Å². The van der Waals surface area contributed by atoms with Gasteiger partial charge in [-0.2, -0.15) is 0 Å². The van der Waals surface area contributed by atoms with Crippen molar-refractivity contribution in [3.8, 4) is 5.75 Å². The molecule has 0 bridgehead atoms. The van der Waals surface area contributed by atoms with Crippen molar-refractivity contribution in [1.29, 1.82) is 0 Å². The van der Waals surface area contributed by atoms with E-state index in [0.29, 0.717) is 32.5 Å². The van der Waals surface area contributed by atoms with Gasteiger partial charge in [-0.05, 0) is 38.4 Å². The van der Waals surface area contributed by atoms with Crippen LogP contribution >= 0.6 is 0 Å². The first kappa shape index (κ1) is 23.6. The summed E-state index contributed by atoms with van der Waals surface area (Å²) in [5.41, 5.74) is -0.0970. The molecule has 0 radical (unpaired) electrons. The molecule has 9 nitrogen and oxygen atoms in total. The molecular formula is C21H32N4O5. The summed E-state index contributed by atoms with van der Waals surface area (Å²) in [5, 5.41) is 13.9. The van der Waals surface area contributed by atoms with Crippen LogP contribution in [0.25, 0.3) is 0 Å². The van der Waals surface area contributed by atoms with Crippen LogP contribution in [0.3, 0.4) is 0 Å². The number of benzene rings is 1. The maximum absolute atomic E-state index is 12.5. The number of carbonyl (C=O) groups is 2. The molecule has 0 saturated carbocycles. The number of nitrogens with zero attached hydrogens (tertiary/aromatic N) is 3. The molecule has 1 fully saturated rings. The summed E-state index contributed by atoms with van der Waals surface area (Å²) in [6.45, 7) is 6.54. The Morgan fingerprint density at radius 2 is 1.97 bits per heavy atom. The quantitative estimate of drug-likeness (QED) is 0.483. The predicted molar refractivity (Wildman–Crippen MR) is 113 cm³/mol. The zero-order chi connectivity index (χ0) is 22.3. The van der Waals surface area contributed by atoms with Crippen molar-refractivity contribution < 1.29 is 19.2 Å².